The van der Waals surface area contributed by atoms with Gasteiger partial charge in [-0.2, -0.15) is 8.42 Å². The second-order valence-electron chi connectivity index (χ2n) is 12.5. The first-order valence-corrected chi connectivity index (χ1v) is 20.1. The summed E-state index contributed by atoms with van der Waals surface area (Å²) in [5, 5.41) is 0. The van der Waals surface area contributed by atoms with E-state index in [9.17, 15) is 12.8 Å². The number of hydrogen-bond acceptors (Lipinski definition) is 3. The molecule has 0 aromatic heterocycles. The highest BCUT2D eigenvalue weighted by Crippen LogP contribution is 2.18. The Morgan fingerprint density at radius 2 is 0.762 bits per heavy atom. The Bertz CT molecular complexity index is 608. The van der Waals surface area contributed by atoms with Crippen molar-refractivity contribution in [1.82, 2.24) is 0 Å². The van der Waals surface area contributed by atoms with Crippen LogP contribution in [-0.2, 0) is 14.3 Å². The lowest BCUT2D eigenvalue weighted by atomic mass is 10.0. The molecular formula is C36H77FNO3S+. The Morgan fingerprint density at radius 3 is 1.05 bits per heavy atom. The molecule has 0 rings (SSSR count). The first-order valence-electron chi connectivity index (χ1n) is 18.7. The van der Waals surface area contributed by atoms with Crippen molar-refractivity contribution in [2.24, 2.45) is 0 Å². The van der Waals surface area contributed by atoms with Gasteiger partial charge in [0.1, 0.15) is 0 Å². The van der Waals surface area contributed by atoms with E-state index in [1.807, 2.05) is 0 Å². The summed E-state index contributed by atoms with van der Waals surface area (Å²) in [4.78, 5) is 0. The van der Waals surface area contributed by atoms with Crippen molar-refractivity contribution in [2.75, 3.05) is 32.8 Å². The van der Waals surface area contributed by atoms with Gasteiger partial charge in [0.05, 0.1) is 32.8 Å². The summed E-state index contributed by atoms with van der Waals surface area (Å²) in [6.07, 6.45) is 27.7. The summed E-state index contributed by atoms with van der Waals surface area (Å²) in [5.41, 5.74) is -1.87. The van der Waals surface area contributed by atoms with Crippen molar-refractivity contribution >= 4 is 10.1 Å². The molecule has 256 valence electrons. The van der Waals surface area contributed by atoms with Crippen molar-refractivity contribution in [3.05, 3.63) is 0 Å². The average molecular weight is 623 g/mol. The standard InChI is InChI=1S/C28H57FO3S.C8H20N/c1-3-5-7-9-11-13-14-15-16-17-19-21-23-25-27-32-33(30,31)28(29)26-24-22-20-18-12-10-8-6-4-2;1-5-9(6-2,7-3)8-4/h28H,3-27H2,1-2H3;5-8H2,1-4H3/q;+1. The van der Waals surface area contributed by atoms with Crippen LogP contribution in [-0.4, -0.2) is 51.2 Å². The molecule has 1 unspecified atom stereocenters. The van der Waals surface area contributed by atoms with Crippen molar-refractivity contribution in [2.45, 2.75) is 201 Å². The van der Waals surface area contributed by atoms with Crippen molar-refractivity contribution < 1.29 is 21.5 Å². The van der Waals surface area contributed by atoms with E-state index in [2.05, 4.69) is 41.5 Å². The third-order valence-corrected chi connectivity index (χ3v) is 10.6. The lowest BCUT2D eigenvalue weighted by Crippen LogP contribution is -2.47. The van der Waals surface area contributed by atoms with Crippen LogP contribution < -0.4 is 0 Å². The molecule has 0 heterocycles. The molecule has 0 saturated carbocycles. The van der Waals surface area contributed by atoms with Gasteiger partial charge in [-0.25, -0.2) is 4.39 Å². The van der Waals surface area contributed by atoms with Crippen molar-refractivity contribution in [1.29, 1.82) is 0 Å². The fourth-order valence-corrected chi connectivity index (χ4v) is 6.60. The van der Waals surface area contributed by atoms with Gasteiger partial charge in [0.25, 0.3) is 10.1 Å². The van der Waals surface area contributed by atoms with Crippen LogP contribution in [0.15, 0.2) is 0 Å². The van der Waals surface area contributed by atoms with E-state index in [0.29, 0.717) is 12.8 Å². The first-order chi connectivity index (χ1) is 20.3. The van der Waals surface area contributed by atoms with Gasteiger partial charge in [-0.15, -0.1) is 0 Å². The zero-order chi connectivity index (χ0) is 31.8. The Morgan fingerprint density at radius 1 is 0.476 bits per heavy atom. The van der Waals surface area contributed by atoms with Gasteiger partial charge >= 0.3 is 0 Å². The minimum Gasteiger partial charge on any atom is -0.325 e. The van der Waals surface area contributed by atoms with Gasteiger partial charge in [0, 0.05) is 0 Å². The molecule has 1 atom stereocenters. The van der Waals surface area contributed by atoms with Crippen LogP contribution in [0.3, 0.4) is 0 Å². The number of rotatable bonds is 31. The van der Waals surface area contributed by atoms with Gasteiger partial charge < -0.3 is 4.48 Å². The van der Waals surface area contributed by atoms with Crippen LogP contribution in [0, 0.1) is 0 Å². The van der Waals surface area contributed by atoms with Crippen LogP contribution in [0.25, 0.3) is 0 Å². The van der Waals surface area contributed by atoms with Gasteiger partial charge in [0.15, 0.2) is 0 Å². The quantitative estimate of drug-likeness (QED) is 0.0439. The van der Waals surface area contributed by atoms with Gasteiger partial charge in [-0.05, 0) is 47.0 Å². The Kier molecular flexibility index (Phi) is 33.7. The fraction of sp³-hybridized carbons (Fsp3) is 1.00. The number of hydrogen-bond donors (Lipinski definition) is 0. The van der Waals surface area contributed by atoms with Crippen LogP contribution >= 0.6 is 0 Å². The lowest BCUT2D eigenvalue weighted by molar-refractivity contribution is -0.921. The third kappa shape index (κ3) is 27.4. The SMILES string of the molecule is CCCCCCCCCCCCCCCCOS(=O)(=O)C(F)CCCCCCCCCCC.CC[N+](CC)(CC)CC. The number of quaternary nitrogens is 1. The Labute approximate surface area is 265 Å². The average Bonchev–Trinajstić information content (AvgIpc) is 3.00. The van der Waals surface area contributed by atoms with Gasteiger partial charge in [-0.3, -0.25) is 4.18 Å². The van der Waals surface area contributed by atoms with E-state index < -0.39 is 15.6 Å². The maximum atomic E-state index is 14.1. The number of nitrogens with zero attached hydrogens (tertiary/aromatic N) is 1. The monoisotopic (exact) mass is 623 g/mol. The highest BCUT2D eigenvalue weighted by Gasteiger charge is 2.25. The minimum atomic E-state index is -4.05. The highest BCUT2D eigenvalue weighted by atomic mass is 32.2. The molecule has 0 aromatic rings. The van der Waals surface area contributed by atoms with E-state index in [1.54, 1.807) is 0 Å². The highest BCUT2D eigenvalue weighted by molar-refractivity contribution is 7.87. The fourth-order valence-electron chi connectivity index (χ4n) is 5.65. The van der Waals surface area contributed by atoms with E-state index in [0.717, 1.165) is 25.7 Å². The van der Waals surface area contributed by atoms with E-state index in [1.165, 1.54) is 140 Å². The van der Waals surface area contributed by atoms with Crippen LogP contribution in [0.2, 0.25) is 0 Å². The van der Waals surface area contributed by atoms with Crippen LogP contribution in [0.5, 0.6) is 0 Å². The zero-order valence-electron chi connectivity index (χ0n) is 29.5. The molecule has 0 bridgehead atoms. The number of halogens is 1. The Hall–Kier alpha value is -0.200. The second-order valence-corrected chi connectivity index (χ2v) is 14.3. The molecule has 0 fully saturated rings. The predicted molar refractivity (Wildman–Crippen MR) is 184 cm³/mol. The van der Waals surface area contributed by atoms with Crippen molar-refractivity contribution in [3.8, 4) is 0 Å². The molecule has 0 aliphatic rings. The number of unbranched alkanes of at least 4 members (excludes halogenated alkanes) is 21. The van der Waals surface area contributed by atoms with Crippen LogP contribution in [0.4, 0.5) is 4.39 Å². The maximum Gasteiger partial charge on any atom is 0.299 e. The zero-order valence-corrected chi connectivity index (χ0v) is 30.4. The summed E-state index contributed by atoms with van der Waals surface area (Å²) in [6, 6.07) is 0. The number of alkyl halides is 1. The maximum absolute atomic E-state index is 14.1. The van der Waals surface area contributed by atoms with Crippen molar-refractivity contribution in [3.63, 3.8) is 0 Å². The van der Waals surface area contributed by atoms with Gasteiger partial charge in [-0.1, -0.05) is 149 Å². The molecule has 0 N–H and O–H groups in total. The molecule has 6 heteroatoms. The summed E-state index contributed by atoms with van der Waals surface area (Å²) in [7, 11) is -4.05. The topological polar surface area (TPSA) is 43.4 Å². The largest absolute Gasteiger partial charge is 0.325 e. The predicted octanol–water partition coefficient (Wildman–Crippen LogP) is 11.9. The lowest BCUT2D eigenvalue weighted by Gasteiger charge is -2.34. The smallest absolute Gasteiger partial charge is 0.299 e. The van der Waals surface area contributed by atoms with Crippen LogP contribution in [0.1, 0.15) is 196 Å². The molecule has 42 heavy (non-hydrogen) atoms. The summed E-state index contributed by atoms with van der Waals surface area (Å²) in [6.45, 7) is 18.8. The second kappa shape index (κ2) is 32.2. The molecule has 4 nitrogen and oxygen atoms in total. The summed E-state index contributed by atoms with van der Waals surface area (Å²) >= 11 is 0. The van der Waals surface area contributed by atoms with Gasteiger partial charge in [0.2, 0.25) is 5.50 Å². The molecular weight excluding hydrogens is 545 g/mol. The minimum absolute atomic E-state index is 0.0664. The summed E-state index contributed by atoms with van der Waals surface area (Å²) in [5.74, 6) is 0. The molecule has 0 aliphatic carbocycles. The normalized spacial score (nSPS) is 12.7. The third-order valence-electron chi connectivity index (χ3n) is 9.28. The van der Waals surface area contributed by atoms with E-state index in [-0.39, 0.29) is 13.0 Å². The molecule has 0 spiro atoms. The van der Waals surface area contributed by atoms with E-state index >= 15 is 0 Å². The first kappa shape index (κ1) is 43.9. The molecule has 0 radical (unpaired) electrons. The molecule has 0 amide bonds. The molecule has 0 saturated heterocycles. The summed E-state index contributed by atoms with van der Waals surface area (Å²) < 4.78 is 44.1. The Balaban J connectivity index is 0. The molecule has 0 aromatic carbocycles. The van der Waals surface area contributed by atoms with E-state index in [4.69, 9.17) is 4.18 Å². The molecule has 0 aliphatic heterocycles.